The summed E-state index contributed by atoms with van der Waals surface area (Å²) in [6.07, 6.45) is 1.88. The highest BCUT2D eigenvalue weighted by Crippen LogP contribution is 2.20. The summed E-state index contributed by atoms with van der Waals surface area (Å²) in [4.78, 5) is 2.44. The molecule has 0 saturated carbocycles. The van der Waals surface area contributed by atoms with Crippen molar-refractivity contribution in [3.63, 3.8) is 0 Å². The molecule has 1 aromatic heterocycles. The Hall–Kier alpha value is -0.960. The van der Waals surface area contributed by atoms with Gasteiger partial charge in [0, 0.05) is 19.1 Å². The first-order chi connectivity index (χ1) is 9.85. The van der Waals surface area contributed by atoms with Crippen LogP contribution in [0, 0.1) is 13.8 Å². The van der Waals surface area contributed by atoms with Crippen molar-refractivity contribution in [1.82, 2.24) is 19.4 Å². The number of aryl methyl sites for hydroxylation is 1. The van der Waals surface area contributed by atoms with Gasteiger partial charge in [-0.05, 0) is 40.3 Å². The average Bonchev–Trinajstić information content (AvgIpc) is 2.64. The molecule has 21 heavy (non-hydrogen) atoms. The van der Waals surface area contributed by atoms with E-state index in [2.05, 4.69) is 14.7 Å². The summed E-state index contributed by atoms with van der Waals surface area (Å²) >= 11 is 0. The van der Waals surface area contributed by atoms with E-state index in [4.69, 9.17) is 5.73 Å². The molecule has 1 atom stereocenters. The van der Waals surface area contributed by atoms with Crippen LogP contribution in [0.15, 0.2) is 4.90 Å². The lowest BCUT2D eigenvalue weighted by atomic mass is 10.1. The normalized spacial score (nSPS) is 20.9. The van der Waals surface area contributed by atoms with E-state index in [0.29, 0.717) is 29.4 Å². The van der Waals surface area contributed by atoms with Gasteiger partial charge < -0.3 is 10.6 Å². The third kappa shape index (κ3) is 3.63. The summed E-state index contributed by atoms with van der Waals surface area (Å²) in [6.45, 7) is 6.22. The minimum Gasteiger partial charge on any atom is -0.329 e. The van der Waals surface area contributed by atoms with Crippen molar-refractivity contribution < 1.29 is 8.42 Å². The summed E-state index contributed by atoms with van der Waals surface area (Å²) in [5.74, 6) is 0. The van der Waals surface area contributed by atoms with Crippen molar-refractivity contribution in [3.8, 4) is 0 Å². The van der Waals surface area contributed by atoms with E-state index in [1.807, 2.05) is 7.05 Å². The van der Waals surface area contributed by atoms with Gasteiger partial charge in [0.1, 0.15) is 4.90 Å². The SMILES string of the molecule is Cc1nn(CCN)c(C)c1S(=O)(=O)NC1CCCN(C)C1. The molecular formula is C13H25N5O2S. The first kappa shape index (κ1) is 16.4. The second-order valence-electron chi connectivity index (χ2n) is 5.73. The van der Waals surface area contributed by atoms with Crippen molar-refractivity contribution in [2.45, 2.75) is 44.2 Å². The molecule has 1 aliphatic rings. The largest absolute Gasteiger partial charge is 0.329 e. The second-order valence-corrected chi connectivity index (χ2v) is 7.39. The maximum Gasteiger partial charge on any atom is 0.244 e. The minimum atomic E-state index is -3.54. The minimum absolute atomic E-state index is 0.0367. The van der Waals surface area contributed by atoms with Gasteiger partial charge in [0.2, 0.25) is 10.0 Å². The average molecular weight is 315 g/mol. The molecule has 1 fully saturated rings. The van der Waals surface area contributed by atoms with E-state index >= 15 is 0 Å². The van der Waals surface area contributed by atoms with E-state index in [0.717, 1.165) is 25.9 Å². The van der Waals surface area contributed by atoms with Crippen LogP contribution in [-0.4, -0.2) is 55.8 Å². The molecule has 1 aliphatic heterocycles. The molecule has 8 heteroatoms. The van der Waals surface area contributed by atoms with Gasteiger partial charge in [0.15, 0.2) is 0 Å². The summed E-state index contributed by atoms with van der Waals surface area (Å²) in [5.41, 5.74) is 6.70. The van der Waals surface area contributed by atoms with Crippen LogP contribution >= 0.6 is 0 Å². The maximum absolute atomic E-state index is 12.7. The van der Waals surface area contributed by atoms with Gasteiger partial charge in [-0.25, -0.2) is 13.1 Å². The Morgan fingerprint density at radius 3 is 2.76 bits per heavy atom. The molecule has 0 aromatic carbocycles. The standard InChI is InChI=1S/C13H25N5O2S/c1-10-13(11(2)18(15-10)8-6-14)21(19,20)16-12-5-4-7-17(3)9-12/h12,16H,4-9,14H2,1-3H3. The van der Waals surface area contributed by atoms with Gasteiger partial charge in [-0.2, -0.15) is 5.10 Å². The zero-order valence-electron chi connectivity index (χ0n) is 13.0. The molecule has 1 aromatic rings. The van der Waals surface area contributed by atoms with Crippen LogP contribution in [0.4, 0.5) is 0 Å². The third-order valence-electron chi connectivity index (χ3n) is 3.87. The molecule has 0 spiro atoms. The van der Waals surface area contributed by atoms with E-state index in [1.54, 1.807) is 18.5 Å². The highest BCUT2D eigenvalue weighted by atomic mass is 32.2. The number of hydrogen-bond donors (Lipinski definition) is 2. The number of nitrogens with zero attached hydrogens (tertiary/aromatic N) is 3. The molecule has 0 radical (unpaired) electrons. The van der Waals surface area contributed by atoms with Gasteiger partial charge in [0.05, 0.1) is 17.9 Å². The smallest absolute Gasteiger partial charge is 0.244 e. The Balaban J connectivity index is 2.23. The first-order valence-corrected chi connectivity index (χ1v) is 8.78. The summed E-state index contributed by atoms with van der Waals surface area (Å²) < 4.78 is 29.8. The fourth-order valence-corrected chi connectivity index (χ4v) is 4.62. The molecule has 1 saturated heterocycles. The first-order valence-electron chi connectivity index (χ1n) is 7.30. The number of piperidine rings is 1. The van der Waals surface area contributed by atoms with Crippen molar-refractivity contribution in [3.05, 3.63) is 11.4 Å². The molecule has 2 heterocycles. The van der Waals surface area contributed by atoms with E-state index in [-0.39, 0.29) is 6.04 Å². The molecule has 3 N–H and O–H groups in total. The number of sulfonamides is 1. The van der Waals surface area contributed by atoms with Crippen LogP contribution in [-0.2, 0) is 16.6 Å². The third-order valence-corrected chi connectivity index (χ3v) is 5.64. The highest BCUT2D eigenvalue weighted by Gasteiger charge is 2.28. The lowest BCUT2D eigenvalue weighted by Crippen LogP contribution is -2.46. The Morgan fingerprint density at radius 2 is 2.14 bits per heavy atom. The molecule has 0 aliphatic carbocycles. The van der Waals surface area contributed by atoms with Gasteiger partial charge in [-0.1, -0.05) is 0 Å². The molecule has 2 rings (SSSR count). The number of likely N-dealkylation sites (tertiary alicyclic amines) is 1. The van der Waals surface area contributed by atoms with Crippen molar-refractivity contribution in [2.75, 3.05) is 26.7 Å². The zero-order chi connectivity index (χ0) is 15.6. The Kier molecular flexibility index (Phi) is 5.03. The Labute approximate surface area is 126 Å². The number of likely N-dealkylation sites (N-methyl/N-ethyl adjacent to an activating group) is 1. The maximum atomic E-state index is 12.7. The molecule has 7 nitrogen and oxygen atoms in total. The van der Waals surface area contributed by atoms with E-state index in [1.165, 1.54) is 0 Å². The predicted molar refractivity (Wildman–Crippen MR) is 81.6 cm³/mol. The van der Waals surface area contributed by atoms with Crippen LogP contribution in [0.3, 0.4) is 0 Å². The monoisotopic (exact) mass is 315 g/mol. The van der Waals surface area contributed by atoms with E-state index in [9.17, 15) is 8.42 Å². The summed E-state index contributed by atoms with van der Waals surface area (Å²) in [5, 5.41) is 4.28. The van der Waals surface area contributed by atoms with Crippen molar-refractivity contribution >= 4 is 10.0 Å². The van der Waals surface area contributed by atoms with Crippen LogP contribution in [0.1, 0.15) is 24.2 Å². The molecule has 0 amide bonds. The topological polar surface area (TPSA) is 93.2 Å². The van der Waals surface area contributed by atoms with Crippen LogP contribution in [0.2, 0.25) is 0 Å². The number of rotatable bonds is 5. The predicted octanol–water partition coefficient (Wildman–Crippen LogP) is -0.169. The van der Waals surface area contributed by atoms with Crippen molar-refractivity contribution in [1.29, 1.82) is 0 Å². The van der Waals surface area contributed by atoms with E-state index < -0.39 is 10.0 Å². The molecular weight excluding hydrogens is 290 g/mol. The van der Waals surface area contributed by atoms with Crippen LogP contribution in [0.5, 0.6) is 0 Å². The summed E-state index contributed by atoms with van der Waals surface area (Å²) in [6, 6.07) is -0.0367. The lowest BCUT2D eigenvalue weighted by molar-refractivity contribution is 0.242. The second kappa shape index (κ2) is 6.43. The Bertz CT molecular complexity index is 596. The lowest BCUT2D eigenvalue weighted by Gasteiger charge is -2.30. The number of nitrogens with one attached hydrogen (secondary N) is 1. The van der Waals surface area contributed by atoms with Crippen molar-refractivity contribution in [2.24, 2.45) is 5.73 Å². The Morgan fingerprint density at radius 1 is 1.43 bits per heavy atom. The van der Waals surface area contributed by atoms with Gasteiger partial charge in [-0.15, -0.1) is 0 Å². The fourth-order valence-electron chi connectivity index (χ4n) is 2.95. The summed E-state index contributed by atoms with van der Waals surface area (Å²) in [7, 11) is -1.53. The number of hydrogen-bond acceptors (Lipinski definition) is 5. The fraction of sp³-hybridized carbons (Fsp3) is 0.769. The van der Waals surface area contributed by atoms with Gasteiger partial charge in [0.25, 0.3) is 0 Å². The molecule has 1 unspecified atom stereocenters. The van der Waals surface area contributed by atoms with Crippen LogP contribution < -0.4 is 10.5 Å². The zero-order valence-corrected chi connectivity index (χ0v) is 13.8. The molecule has 0 bridgehead atoms. The molecule has 120 valence electrons. The van der Waals surface area contributed by atoms with Gasteiger partial charge >= 0.3 is 0 Å². The van der Waals surface area contributed by atoms with Crippen LogP contribution in [0.25, 0.3) is 0 Å². The number of aromatic nitrogens is 2. The highest BCUT2D eigenvalue weighted by molar-refractivity contribution is 7.89. The quantitative estimate of drug-likeness (QED) is 0.787. The van der Waals surface area contributed by atoms with Gasteiger partial charge in [-0.3, -0.25) is 4.68 Å². The number of nitrogens with two attached hydrogens (primary N) is 1.